The number of ether oxygens (including phenoxy) is 1. The Balaban J connectivity index is 2.45. The van der Waals surface area contributed by atoms with Crippen LogP contribution in [0.3, 0.4) is 0 Å². The molecular formula is C15H15NO3. The molecule has 2 aromatic rings. The molecule has 1 aromatic carbocycles. The van der Waals surface area contributed by atoms with Crippen LogP contribution in [0.25, 0.3) is 11.1 Å². The first-order valence-electron chi connectivity index (χ1n) is 6.05. The molecule has 0 saturated carbocycles. The van der Waals surface area contributed by atoms with Crippen molar-refractivity contribution in [2.24, 2.45) is 0 Å². The lowest BCUT2D eigenvalue weighted by Gasteiger charge is -2.08. The lowest BCUT2D eigenvalue weighted by Crippen LogP contribution is -2.01. The molecule has 0 aliphatic rings. The van der Waals surface area contributed by atoms with Crippen LogP contribution >= 0.6 is 0 Å². The second kappa shape index (κ2) is 5.52. The van der Waals surface area contributed by atoms with Crippen molar-refractivity contribution in [2.45, 2.75) is 13.8 Å². The first-order valence-corrected chi connectivity index (χ1v) is 6.05. The topological polar surface area (TPSA) is 59.4 Å². The van der Waals surface area contributed by atoms with Crippen LogP contribution in [0.5, 0.6) is 5.75 Å². The Bertz CT molecular complexity index is 591. The molecule has 0 aliphatic carbocycles. The maximum absolute atomic E-state index is 11.2. The van der Waals surface area contributed by atoms with E-state index in [1.54, 1.807) is 6.07 Å². The third kappa shape index (κ3) is 2.91. The van der Waals surface area contributed by atoms with Crippen molar-refractivity contribution >= 4 is 5.97 Å². The quantitative estimate of drug-likeness (QED) is 0.914. The predicted molar refractivity (Wildman–Crippen MR) is 72.5 cm³/mol. The summed E-state index contributed by atoms with van der Waals surface area (Å²) >= 11 is 0. The zero-order valence-electron chi connectivity index (χ0n) is 10.9. The van der Waals surface area contributed by atoms with Crippen molar-refractivity contribution in [3.05, 3.63) is 47.8 Å². The molecule has 4 nitrogen and oxygen atoms in total. The Morgan fingerprint density at radius 3 is 2.58 bits per heavy atom. The minimum atomic E-state index is -0.976. The van der Waals surface area contributed by atoms with Gasteiger partial charge in [-0.25, -0.2) is 4.79 Å². The molecule has 0 aliphatic heterocycles. The molecule has 0 radical (unpaired) electrons. The van der Waals surface area contributed by atoms with Gasteiger partial charge in [-0.1, -0.05) is 12.1 Å². The highest BCUT2D eigenvalue weighted by atomic mass is 16.5. The van der Waals surface area contributed by atoms with Gasteiger partial charge in [-0.15, -0.1) is 0 Å². The molecule has 0 bridgehead atoms. The summed E-state index contributed by atoms with van der Waals surface area (Å²) < 4.78 is 5.37. The molecule has 1 aromatic heterocycles. The van der Waals surface area contributed by atoms with E-state index in [0.717, 1.165) is 17.0 Å². The molecule has 0 unspecified atom stereocenters. The molecular weight excluding hydrogens is 242 g/mol. The number of carboxylic acids is 1. The Kier molecular flexibility index (Phi) is 3.80. The SMILES string of the molecule is CCOc1ccc(-c2cc(C)ncc2C(=O)O)cc1. The van der Waals surface area contributed by atoms with Gasteiger partial charge in [0.1, 0.15) is 5.75 Å². The average Bonchev–Trinajstić information content (AvgIpc) is 2.39. The van der Waals surface area contributed by atoms with Crippen LogP contribution < -0.4 is 4.74 Å². The number of aromatic nitrogens is 1. The highest BCUT2D eigenvalue weighted by Gasteiger charge is 2.12. The summed E-state index contributed by atoms with van der Waals surface area (Å²) in [4.78, 5) is 15.2. The Morgan fingerprint density at radius 1 is 1.32 bits per heavy atom. The number of hydrogen-bond acceptors (Lipinski definition) is 3. The maximum Gasteiger partial charge on any atom is 0.337 e. The number of carboxylic acid groups (broad SMARTS) is 1. The number of hydrogen-bond donors (Lipinski definition) is 1. The highest BCUT2D eigenvalue weighted by Crippen LogP contribution is 2.26. The lowest BCUT2D eigenvalue weighted by atomic mass is 10.0. The predicted octanol–water partition coefficient (Wildman–Crippen LogP) is 3.15. The summed E-state index contributed by atoms with van der Waals surface area (Å²) in [6, 6.07) is 9.15. The fraction of sp³-hybridized carbons (Fsp3) is 0.200. The number of carbonyl (C=O) groups is 1. The number of aromatic carboxylic acids is 1. The van der Waals surface area contributed by atoms with E-state index < -0.39 is 5.97 Å². The van der Waals surface area contributed by atoms with Crippen molar-refractivity contribution in [3.8, 4) is 16.9 Å². The van der Waals surface area contributed by atoms with E-state index in [-0.39, 0.29) is 5.56 Å². The van der Waals surface area contributed by atoms with Crippen LogP contribution in [-0.4, -0.2) is 22.7 Å². The van der Waals surface area contributed by atoms with Crippen molar-refractivity contribution in [1.82, 2.24) is 4.98 Å². The van der Waals surface area contributed by atoms with Gasteiger partial charge in [0.2, 0.25) is 0 Å². The monoisotopic (exact) mass is 257 g/mol. The number of pyridine rings is 1. The van der Waals surface area contributed by atoms with Gasteiger partial charge in [-0.05, 0) is 43.2 Å². The van der Waals surface area contributed by atoms with Gasteiger partial charge >= 0.3 is 5.97 Å². The van der Waals surface area contributed by atoms with Gasteiger partial charge in [-0.2, -0.15) is 0 Å². The summed E-state index contributed by atoms with van der Waals surface area (Å²) in [5, 5.41) is 9.19. The van der Waals surface area contributed by atoms with Crippen LogP contribution in [-0.2, 0) is 0 Å². The molecule has 0 atom stereocenters. The smallest absolute Gasteiger partial charge is 0.337 e. The van der Waals surface area contributed by atoms with E-state index in [9.17, 15) is 9.90 Å². The molecule has 0 spiro atoms. The standard InChI is InChI=1S/C15H15NO3/c1-3-19-12-6-4-11(5-7-12)13-8-10(2)16-9-14(13)15(17)18/h4-9H,3H2,1-2H3,(H,17,18). The van der Waals surface area contributed by atoms with E-state index in [4.69, 9.17) is 4.74 Å². The minimum Gasteiger partial charge on any atom is -0.494 e. The first-order chi connectivity index (χ1) is 9.11. The molecule has 1 N–H and O–H groups in total. The van der Waals surface area contributed by atoms with Gasteiger partial charge in [-0.3, -0.25) is 4.98 Å². The maximum atomic E-state index is 11.2. The van der Waals surface area contributed by atoms with Crippen LogP contribution in [0.2, 0.25) is 0 Å². The summed E-state index contributed by atoms with van der Waals surface area (Å²) in [7, 11) is 0. The Hall–Kier alpha value is -2.36. The fourth-order valence-corrected chi connectivity index (χ4v) is 1.87. The third-order valence-electron chi connectivity index (χ3n) is 2.75. The van der Waals surface area contributed by atoms with Crippen molar-refractivity contribution < 1.29 is 14.6 Å². The van der Waals surface area contributed by atoms with E-state index in [1.807, 2.05) is 38.1 Å². The van der Waals surface area contributed by atoms with E-state index in [1.165, 1.54) is 6.20 Å². The summed E-state index contributed by atoms with van der Waals surface area (Å²) in [5.41, 5.74) is 2.50. The van der Waals surface area contributed by atoms with Gasteiger partial charge in [0, 0.05) is 11.9 Å². The lowest BCUT2D eigenvalue weighted by molar-refractivity contribution is 0.0697. The van der Waals surface area contributed by atoms with Crippen LogP contribution in [0.4, 0.5) is 0 Å². The van der Waals surface area contributed by atoms with Gasteiger partial charge in [0.05, 0.1) is 12.2 Å². The number of nitrogens with zero attached hydrogens (tertiary/aromatic N) is 1. The first kappa shape index (κ1) is 13.1. The van der Waals surface area contributed by atoms with Crippen LogP contribution in [0.1, 0.15) is 23.0 Å². The van der Waals surface area contributed by atoms with Gasteiger partial charge < -0.3 is 9.84 Å². The Morgan fingerprint density at radius 2 is 2.00 bits per heavy atom. The van der Waals surface area contributed by atoms with E-state index >= 15 is 0 Å². The van der Waals surface area contributed by atoms with Crippen molar-refractivity contribution in [2.75, 3.05) is 6.61 Å². The normalized spacial score (nSPS) is 10.2. The number of benzene rings is 1. The molecule has 1 heterocycles. The Labute approximate surface area is 111 Å². The summed E-state index contributed by atoms with van der Waals surface area (Å²) in [6.07, 6.45) is 1.39. The molecule has 19 heavy (non-hydrogen) atoms. The second-order valence-electron chi connectivity index (χ2n) is 4.13. The molecule has 0 saturated heterocycles. The minimum absolute atomic E-state index is 0.203. The van der Waals surface area contributed by atoms with Crippen molar-refractivity contribution in [1.29, 1.82) is 0 Å². The number of aryl methyl sites for hydroxylation is 1. The largest absolute Gasteiger partial charge is 0.494 e. The van der Waals surface area contributed by atoms with Crippen LogP contribution in [0, 0.1) is 6.92 Å². The molecule has 2 rings (SSSR count). The fourth-order valence-electron chi connectivity index (χ4n) is 1.87. The summed E-state index contributed by atoms with van der Waals surface area (Å²) in [6.45, 7) is 4.36. The molecule has 0 amide bonds. The van der Waals surface area contributed by atoms with Gasteiger partial charge in [0.25, 0.3) is 0 Å². The zero-order valence-corrected chi connectivity index (χ0v) is 10.9. The second-order valence-corrected chi connectivity index (χ2v) is 4.13. The molecule has 0 fully saturated rings. The van der Waals surface area contributed by atoms with E-state index in [2.05, 4.69) is 4.98 Å². The summed E-state index contributed by atoms with van der Waals surface area (Å²) in [5.74, 6) is -0.203. The van der Waals surface area contributed by atoms with Crippen molar-refractivity contribution in [3.63, 3.8) is 0 Å². The van der Waals surface area contributed by atoms with Gasteiger partial charge in [0.15, 0.2) is 0 Å². The average molecular weight is 257 g/mol. The molecule has 4 heteroatoms. The molecule has 98 valence electrons. The third-order valence-corrected chi connectivity index (χ3v) is 2.75. The highest BCUT2D eigenvalue weighted by molar-refractivity contribution is 5.95. The number of rotatable bonds is 4. The van der Waals surface area contributed by atoms with Crippen LogP contribution in [0.15, 0.2) is 36.5 Å². The zero-order chi connectivity index (χ0) is 13.8. The van der Waals surface area contributed by atoms with E-state index in [0.29, 0.717) is 12.2 Å².